The monoisotopic (exact) mass is 462 g/mol. The van der Waals surface area contributed by atoms with Gasteiger partial charge < -0.3 is 9.05 Å². The van der Waals surface area contributed by atoms with Crippen LogP contribution < -0.4 is 42.1 Å². The van der Waals surface area contributed by atoms with Crippen LogP contribution in [0.5, 0.6) is 11.5 Å². The van der Waals surface area contributed by atoms with Crippen LogP contribution in [0.1, 0.15) is 0 Å². The Bertz CT molecular complexity index is 989. The molecule has 2 atom stereocenters. The molecular weight excluding hydrogens is 440 g/mol. The van der Waals surface area contributed by atoms with E-state index >= 15 is 0 Å². The summed E-state index contributed by atoms with van der Waals surface area (Å²) in [4.78, 5) is 0. The quantitative estimate of drug-likeness (QED) is 0.366. The van der Waals surface area contributed by atoms with Crippen molar-refractivity contribution < 1.29 is 9.05 Å². The van der Waals surface area contributed by atoms with Crippen LogP contribution in [0.2, 0.25) is 0 Å². The van der Waals surface area contributed by atoms with Gasteiger partial charge in [-0.2, -0.15) is 18.1 Å². The van der Waals surface area contributed by atoms with Crippen molar-refractivity contribution in [3.63, 3.8) is 0 Å². The molecular formula is C12H22N10O2P4. The predicted molar refractivity (Wildman–Crippen MR) is 117 cm³/mol. The Balaban J connectivity index is 2.12. The number of hydrogen-bond donors (Lipinski definition) is 6. The maximum atomic E-state index is 6.25. The molecule has 28 heavy (non-hydrogen) atoms. The van der Waals surface area contributed by atoms with Gasteiger partial charge in [-0.3, -0.25) is 22.0 Å². The third kappa shape index (κ3) is 5.86. The van der Waals surface area contributed by atoms with Crippen molar-refractivity contribution in [2.45, 2.75) is 0 Å². The van der Waals surface area contributed by atoms with Crippen molar-refractivity contribution in [3.05, 3.63) is 60.7 Å². The fourth-order valence-electron chi connectivity index (χ4n) is 2.24. The first-order chi connectivity index (χ1) is 13.0. The molecule has 3 rings (SSSR count). The second-order valence-electron chi connectivity index (χ2n) is 5.75. The summed E-state index contributed by atoms with van der Waals surface area (Å²) in [5.41, 5.74) is 36.9. The number of rotatable bonds is 4. The third-order valence-electron chi connectivity index (χ3n) is 3.05. The van der Waals surface area contributed by atoms with E-state index in [1.54, 1.807) is 48.5 Å². The zero-order valence-corrected chi connectivity index (χ0v) is 18.2. The minimum absolute atomic E-state index is 0.403. The molecule has 1 aliphatic rings. The average Bonchev–Trinajstić information content (AvgIpc) is 2.52. The van der Waals surface area contributed by atoms with Gasteiger partial charge >= 0.3 is 15.2 Å². The van der Waals surface area contributed by atoms with Gasteiger partial charge in [-0.1, -0.05) is 36.4 Å². The lowest BCUT2D eigenvalue weighted by Gasteiger charge is -2.27. The fraction of sp³-hybridized carbons (Fsp3) is 0. The van der Waals surface area contributed by atoms with Crippen LogP contribution in [0, 0.1) is 0 Å². The highest BCUT2D eigenvalue weighted by Gasteiger charge is 2.31. The van der Waals surface area contributed by atoms with Crippen LogP contribution in [0.3, 0.4) is 0 Å². The van der Waals surface area contributed by atoms with Gasteiger partial charge in [0.15, 0.2) is 0 Å². The molecule has 1 heterocycles. The lowest BCUT2D eigenvalue weighted by Crippen LogP contribution is -2.14. The van der Waals surface area contributed by atoms with E-state index in [2.05, 4.69) is 18.1 Å². The summed E-state index contributed by atoms with van der Waals surface area (Å²) in [6.45, 7) is 0. The fourth-order valence-corrected chi connectivity index (χ4v) is 12.1. The lowest BCUT2D eigenvalue weighted by atomic mass is 10.3. The molecule has 2 aromatic carbocycles. The van der Waals surface area contributed by atoms with E-state index in [9.17, 15) is 0 Å². The van der Waals surface area contributed by atoms with Gasteiger partial charge in [0.25, 0.3) is 0 Å². The standard InChI is InChI=1S/C12H22N10O2P4/c13-25(14)19-27(17,23-11-7-3-1-4-8-11)20-26(15,16)22-28(18,21-25)24-12-9-5-2-6-10-12/h1-10H,13-18H2. The first kappa shape index (κ1) is 21.4. The molecule has 0 amide bonds. The largest absolute Gasteiger partial charge is 0.431 e. The smallest absolute Gasteiger partial charge is 0.328 e. The number of nitrogens with two attached hydrogens (primary N) is 6. The van der Waals surface area contributed by atoms with Crippen molar-refractivity contribution in [1.82, 2.24) is 0 Å². The lowest BCUT2D eigenvalue weighted by molar-refractivity contribution is 0.604. The van der Waals surface area contributed by atoms with Crippen LogP contribution in [-0.2, 0) is 0 Å². The van der Waals surface area contributed by atoms with Crippen LogP contribution in [0.4, 0.5) is 0 Å². The van der Waals surface area contributed by atoms with E-state index in [1.165, 1.54) is 0 Å². The van der Waals surface area contributed by atoms with E-state index in [-0.39, 0.29) is 0 Å². The molecule has 0 saturated heterocycles. The molecule has 2 unspecified atom stereocenters. The predicted octanol–water partition coefficient (Wildman–Crippen LogP) is 3.70. The Morgan fingerprint density at radius 2 is 0.821 bits per heavy atom. The summed E-state index contributed by atoms with van der Waals surface area (Å²) in [7, 11) is -13.8. The highest BCUT2D eigenvalue weighted by atomic mass is 31.3. The van der Waals surface area contributed by atoms with Gasteiger partial charge in [-0.15, -0.1) is 0 Å². The van der Waals surface area contributed by atoms with Crippen molar-refractivity contribution in [2.24, 2.45) is 51.1 Å². The highest BCUT2D eigenvalue weighted by Crippen LogP contribution is 2.67. The van der Waals surface area contributed by atoms with Crippen molar-refractivity contribution in [1.29, 1.82) is 0 Å². The normalized spacial score (nSPS) is 28.2. The zero-order valence-electron chi connectivity index (χ0n) is 14.6. The molecule has 12 nitrogen and oxygen atoms in total. The summed E-state index contributed by atoms with van der Waals surface area (Å²) in [5, 5.41) is 0. The van der Waals surface area contributed by atoms with Gasteiger partial charge in [0.1, 0.15) is 11.5 Å². The molecule has 0 spiro atoms. The molecule has 0 aromatic heterocycles. The Morgan fingerprint density at radius 1 is 0.500 bits per heavy atom. The molecule has 12 N–H and O–H groups in total. The van der Waals surface area contributed by atoms with Gasteiger partial charge in [0.2, 0.25) is 15.0 Å². The van der Waals surface area contributed by atoms with Gasteiger partial charge in [0, 0.05) is 0 Å². The van der Waals surface area contributed by atoms with Gasteiger partial charge in [-0.25, -0.2) is 11.0 Å². The molecule has 16 heteroatoms. The van der Waals surface area contributed by atoms with Crippen LogP contribution in [0.25, 0.3) is 0 Å². The Kier molecular flexibility index (Phi) is 6.01. The van der Waals surface area contributed by atoms with Gasteiger partial charge in [0.05, 0.1) is 0 Å². The van der Waals surface area contributed by atoms with Crippen LogP contribution >= 0.6 is 30.2 Å². The first-order valence-corrected chi connectivity index (χ1v) is 14.8. The molecule has 0 saturated carbocycles. The molecule has 0 fully saturated rings. The molecule has 0 aliphatic carbocycles. The topological polar surface area (TPSA) is 224 Å². The minimum Gasteiger partial charge on any atom is -0.431 e. The summed E-state index contributed by atoms with van der Waals surface area (Å²) >= 11 is 0. The van der Waals surface area contributed by atoms with Crippen molar-refractivity contribution >= 4 is 30.2 Å². The molecule has 2 aromatic rings. The Morgan fingerprint density at radius 3 is 1.14 bits per heavy atom. The molecule has 0 radical (unpaired) electrons. The zero-order chi connectivity index (χ0) is 20.5. The SMILES string of the molecule is NP1(N)=NP(N)(Oc2ccccc2)=NP(N)(N)=NP(N)(Oc2ccccc2)=N1. The number of nitrogens with zero attached hydrogens (tertiary/aromatic N) is 4. The maximum absolute atomic E-state index is 6.25. The molecule has 152 valence electrons. The average molecular weight is 462 g/mol. The Labute approximate surface area is 162 Å². The molecule has 1 aliphatic heterocycles. The summed E-state index contributed by atoms with van der Waals surface area (Å²) in [6.07, 6.45) is 0. The third-order valence-corrected chi connectivity index (χ3v) is 12.7. The number of hydrogen-bond acceptors (Lipinski definition) is 12. The summed E-state index contributed by atoms with van der Waals surface area (Å²) in [5.74, 6) is 0.807. The second-order valence-corrected chi connectivity index (χ2v) is 14.1. The van der Waals surface area contributed by atoms with E-state index in [0.717, 1.165) is 0 Å². The van der Waals surface area contributed by atoms with Crippen molar-refractivity contribution in [2.75, 3.05) is 0 Å². The maximum Gasteiger partial charge on any atom is 0.328 e. The van der Waals surface area contributed by atoms with Crippen molar-refractivity contribution in [3.8, 4) is 11.5 Å². The summed E-state index contributed by atoms with van der Waals surface area (Å²) < 4.78 is 28.3. The van der Waals surface area contributed by atoms with E-state index in [0.29, 0.717) is 11.5 Å². The highest BCUT2D eigenvalue weighted by molar-refractivity contribution is 7.82. The number of para-hydroxylation sites is 2. The van der Waals surface area contributed by atoms with Crippen LogP contribution in [-0.4, -0.2) is 0 Å². The Hall–Kier alpha value is -1.28. The van der Waals surface area contributed by atoms with Crippen LogP contribution in [0.15, 0.2) is 78.7 Å². The van der Waals surface area contributed by atoms with E-state index < -0.39 is 30.2 Å². The number of benzene rings is 2. The molecule has 0 bridgehead atoms. The first-order valence-electron chi connectivity index (χ1n) is 7.74. The van der Waals surface area contributed by atoms with E-state index in [1.807, 2.05) is 12.1 Å². The van der Waals surface area contributed by atoms with E-state index in [4.69, 9.17) is 42.1 Å². The van der Waals surface area contributed by atoms with Gasteiger partial charge in [-0.05, 0) is 24.3 Å². The minimum atomic E-state index is -3.47. The second kappa shape index (κ2) is 7.86. The summed E-state index contributed by atoms with van der Waals surface area (Å²) in [6, 6.07) is 17.3.